The molecule has 176 valence electrons. The Bertz CT molecular complexity index is 852. The van der Waals surface area contributed by atoms with Crippen LogP contribution in [0.15, 0.2) is 59.7 Å². The molecule has 0 heterocycles. The van der Waals surface area contributed by atoms with Gasteiger partial charge in [-0.05, 0) is 79.2 Å². The largest absolute Gasteiger partial charge is 0.324 e. The summed E-state index contributed by atoms with van der Waals surface area (Å²) in [5.41, 5.74) is 9.45. The summed E-state index contributed by atoms with van der Waals surface area (Å²) in [5.74, 6) is 6.08. The number of unbranched alkanes of at least 4 members (excludes halogenated alkanes) is 4. The Kier molecular flexibility index (Phi) is 12.6. The van der Waals surface area contributed by atoms with Crippen LogP contribution in [0.1, 0.15) is 90.7 Å². The van der Waals surface area contributed by atoms with E-state index < -0.39 is 0 Å². The average molecular weight is 437 g/mol. The van der Waals surface area contributed by atoms with Gasteiger partial charge in [0.25, 0.3) is 0 Å². The Morgan fingerprint density at radius 1 is 1.19 bits per heavy atom. The Morgan fingerprint density at radius 3 is 2.31 bits per heavy atom. The van der Waals surface area contributed by atoms with E-state index in [1.54, 1.807) is 6.08 Å². The number of allylic oxidation sites excluding steroid dienone is 7. The van der Waals surface area contributed by atoms with Crippen LogP contribution in [0, 0.1) is 12.8 Å². The molecule has 0 amide bonds. The van der Waals surface area contributed by atoms with Crippen molar-refractivity contribution < 1.29 is 4.79 Å². The van der Waals surface area contributed by atoms with Crippen LogP contribution >= 0.6 is 0 Å². The van der Waals surface area contributed by atoms with Crippen LogP contribution in [0.2, 0.25) is 0 Å². The summed E-state index contributed by atoms with van der Waals surface area (Å²) in [5, 5.41) is 0. The fourth-order valence-corrected chi connectivity index (χ4v) is 3.76. The van der Waals surface area contributed by atoms with Crippen LogP contribution in [0.5, 0.6) is 0 Å². The summed E-state index contributed by atoms with van der Waals surface area (Å²) in [7, 11) is 0. The SMILES string of the molecule is C=C1CC(c2ccc(NN)c(C)c2)=CC(=O)/C1=C/C(=C\C)CC(C)C.CCCCCCC. The first kappa shape index (κ1) is 27.6. The minimum absolute atomic E-state index is 0.0352. The molecule has 0 spiro atoms. The van der Waals surface area contributed by atoms with Crippen molar-refractivity contribution in [3.63, 3.8) is 0 Å². The highest BCUT2D eigenvalue weighted by atomic mass is 16.1. The van der Waals surface area contributed by atoms with E-state index in [0.717, 1.165) is 40.0 Å². The average Bonchev–Trinajstić information content (AvgIpc) is 2.75. The van der Waals surface area contributed by atoms with Crippen molar-refractivity contribution in [2.45, 2.75) is 86.5 Å². The summed E-state index contributed by atoms with van der Waals surface area (Å²) in [6.07, 6.45) is 14.5. The number of nitrogens with one attached hydrogen (secondary N) is 1. The molecule has 0 bridgehead atoms. The number of nitrogens with two attached hydrogens (primary N) is 1. The van der Waals surface area contributed by atoms with Crippen molar-refractivity contribution in [1.29, 1.82) is 0 Å². The van der Waals surface area contributed by atoms with Crippen LogP contribution < -0.4 is 11.3 Å². The molecule has 3 heteroatoms. The minimum atomic E-state index is 0.0352. The van der Waals surface area contributed by atoms with Gasteiger partial charge in [-0.1, -0.05) is 84.1 Å². The fraction of sp³-hybridized carbons (Fsp3) is 0.483. The van der Waals surface area contributed by atoms with E-state index in [1.165, 1.54) is 37.7 Å². The van der Waals surface area contributed by atoms with Crippen molar-refractivity contribution >= 4 is 17.0 Å². The number of hydrogen-bond acceptors (Lipinski definition) is 3. The third-order valence-corrected chi connectivity index (χ3v) is 5.66. The lowest BCUT2D eigenvalue weighted by atomic mass is 9.84. The first-order valence-corrected chi connectivity index (χ1v) is 12.1. The number of carbonyl (C=O) groups excluding carboxylic acids is 1. The molecular formula is C29H44N2O. The predicted octanol–water partition coefficient (Wildman–Crippen LogP) is 8.09. The van der Waals surface area contributed by atoms with E-state index >= 15 is 0 Å². The molecule has 0 aliphatic heterocycles. The molecular weight excluding hydrogens is 392 g/mol. The van der Waals surface area contributed by atoms with Gasteiger partial charge in [0.15, 0.2) is 5.78 Å². The summed E-state index contributed by atoms with van der Waals surface area (Å²) >= 11 is 0. The minimum Gasteiger partial charge on any atom is -0.324 e. The molecule has 0 saturated heterocycles. The maximum atomic E-state index is 12.7. The summed E-state index contributed by atoms with van der Waals surface area (Å²) < 4.78 is 0. The lowest BCUT2D eigenvalue weighted by Gasteiger charge is -2.19. The number of ketones is 1. The van der Waals surface area contributed by atoms with E-state index in [2.05, 4.69) is 45.8 Å². The third-order valence-electron chi connectivity index (χ3n) is 5.66. The number of anilines is 1. The topological polar surface area (TPSA) is 55.1 Å². The molecule has 0 aromatic heterocycles. The molecule has 3 N–H and O–H groups in total. The zero-order valence-corrected chi connectivity index (χ0v) is 21.2. The number of hydrazine groups is 1. The summed E-state index contributed by atoms with van der Waals surface area (Å²) in [4.78, 5) is 12.7. The van der Waals surface area contributed by atoms with Gasteiger partial charge < -0.3 is 5.43 Å². The highest BCUT2D eigenvalue weighted by Gasteiger charge is 2.21. The van der Waals surface area contributed by atoms with E-state index in [-0.39, 0.29) is 5.78 Å². The fourth-order valence-electron chi connectivity index (χ4n) is 3.76. The van der Waals surface area contributed by atoms with Gasteiger partial charge >= 0.3 is 0 Å². The Morgan fingerprint density at radius 2 is 1.84 bits per heavy atom. The molecule has 32 heavy (non-hydrogen) atoms. The number of benzene rings is 1. The zero-order chi connectivity index (χ0) is 24.1. The Labute approximate surface area is 196 Å². The van der Waals surface area contributed by atoms with Gasteiger partial charge in [-0.2, -0.15) is 0 Å². The molecule has 0 atom stereocenters. The number of hydrogen-bond donors (Lipinski definition) is 2. The second-order valence-electron chi connectivity index (χ2n) is 9.07. The maximum absolute atomic E-state index is 12.7. The molecule has 1 aliphatic rings. The van der Waals surface area contributed by atoms with Gasteiger partial charge in [-0.25, -0.2) is 0 Å². The van der Waals surface area contributed by atoms with E-state index in [1.807, 2.05) is 38.1 Å². The van der Waals surface area contributed by atoms with Crippen LogP contribution in [0.25, 0.3) is 5.57 Å². The highest BCUT2D eigenvalue weighted by Crippen LogP contribution is 2.33. The molecule has 0 fully saturated rings. The molecule has 0 saturated carbocycles. The van der Waals surface area contributed by atoms with E-state index in [0.29, 0.717) is 12.3 Å². The number of rotatable bonds is 9. The first-order chi connectivity index (χ1) is 15.3. The monoisotopic (exact) mass is 436 g/mol. The normalized spacial score (nSPS) is 15.6. The van der Waals surface area contributed by atoms with Gasteiger partial charge in [0.1, 0.15) is 0 Å². The lowest BCUT2D eigenvalue weighted by molar-refractivity contribution is -0.111. The van der Waals surface area contributed by atoms with E-state index in [9.17, 15) is 4.79 Å². The van der Waals surface area contributed by atoms with Crippen molar-refractivity contribution in [1.82, 2.24) is 0 Å². The molecule has 2 rings (SSSR count). The standard InChI is InChI=1S/C22H28N2O.C7H16/c1-6-17(9-14(2)3)12-20-15(4)10-19(13-22(20)25)18-7-8-21(24-23)16(5)11-18;1-3-5-7-6-4-2/h6-8,11-14,24H,4,9-10,23H2,1-3,5H3;3-7H2,1-2H3/b17-6-,20-12+;. The van der Waals surface area contributed by atoms with Gasteiger partial charge in [-0.15, -0.1) is 0 Å². The van der Waals surface area contributed by atoms with Crippen molar-refractivity contribution in [2.24, 2.45) is 11.8 Å². The smallest absolute Gasteiger partial charge is 0.186 e. The van der Waals surface area contributed by atoms with Crippen LogP contribution in [0.4, 0.5) is 5.69 Å². The molecule has 1 aliphatic carbocycles. The molecule has 0 radical (unpaired) electrons. The van der Waals surface area contributed by atoms with Crippen LogP contribution in [0.3, 0.4) is 0 Å². The van der Waals surface area contributed by atoms with Crippen LogP contribution in [-0.2, 0) is 4.79 Å². The lowest BCUT2D eigenvalue weighted by Crippen LogP contribution is -2.11. The second-order valence-corrected chi connectivity index (χ2v) is 9.07. The molecule has 1 aromatic rings. The van der Waals surface area contributed by atoms with Crippen LogP contribution in [-0.4, -0.2) is 5.78 Å². The predicted molar refractivity (Wildman–Crippen MR) is 141 cm³/mol. The Hall–Kier alpha value is -2.39. The summed E-state index contributed by atoms with van der Waals surface area (Å²) in [6.45, 7) is 17.0. The van der Waals surface area contributed by atoms with E-state index in [4.69, 9.17) is 5.84 Å². The number of nitrogen functional groups attached to an aromatic ring is 1. The van der Waals surface area contributed by atoms with Gasteiger partial charge in [0, 0.05) is 5.57 Å². The Balaban J connectivity index is 0.000000633. The summed E-state index contributed by atoms with van der Waals surface area (Å²) in [6, 6.07) is 5.97. The molecule has 3 nitrogen and oxygen atoms in total. The van der Waals surface area contributed by atoms with Crippen molar-refractivity contribution in [3.05, 3.63) is 70.9 Å². The first-order valence-electron chi connectivity index (χ1n) is 12.1. The van der Waals surface area contributed by atoms with Gasteiger partial charge in [0.2, 0.25) is 0 Å². The number of aryl methyl sites for hydroxylation is 1. The van der Waals surface area contributed by atoms with Crippen molar-refractivity contribution in [3.8, 4) is 0 Å². The molecule has 0 unspecified atom stereocenters. The van der Waals surface area contributed by atoms with Gasteiger partial charge in [0.05, 0.1) is 5.69 Å². The molecule has 1 aromatic carbocycles. The number of carbonyl (C=O) groups is 1. The highest BCUT2D eigenvalue weighted by molar-refractivity contribution is 6.13. The third kappa shape index (κ3) is 9.00. The maximum Gasteiger partial charge on any atom is 0.186 e. The quantitative estimate of drug-likeness (QED) is 0.178. The van der Waals surface area contributed by atoms with Gasteiger partial charge in [-0.3, -0.25) is 10.6 Å². The van der Waals surface area contributed by atoms with Crippen molar-refractivity contribution in [2.75, 3.05) is 5.43 Å². The zero-order valence-electron chi connectivity index (χ0n) is 21.2. The second kappa shape index (κ2) is 14.6.